The molecule has 1 amide bonds. The first-order valence-electron chi connectivity index (χ1n) is 5.10. The van der Waals surface area contributed by atoms with Gasteiger partial charge >= 0.3 is 0 Å². The summed E-state index contributed by atoms with van der Waals surface area (Å²) in [5, 5.41) is 0. The SMILES string of the molecule is CC[C@H]1CCN2C(=O)CC[C@@H]2C1. The van der Waals surface area contributed by atoms with Crippen molar-refractivity contribution in [3.63, 3.8) is 0 Å². The second kappa shape index (κ2) is 3.08. The van der Waals surface area contributed by atoms with Crippen molar-refractivity contribution in [2.24, 2.45) is 5.92 Å². The first kappa shape index (κ1) is 8.09. The molecule has 0 aromatic rings. The average molecular weight is 167 g/mol. The number of carbonyl (C=O) groups excluding carboxylic acids is 1. The Kier molecular flexibility index (Phi) is 2.07. The molecule has 0 N–H and O–H groups in total. The lowest BCUT2D eigenvalue weighted by Crippen LogP contribution is -2.40. The van der Waals surface area contributed by atoms with Crippen molar-refractivity contribution < 1.29 is 4.79 Å². The molecule has 68 valence electrons. The molecular weight excluding hydrogens is 150 g/mol. The minimum absolute atomic E-state index is 0.398. The number of fused-ring (bicyclic) bond motifs is 1. The van der Waals surface area contributed by atoms with Gasteiger partial charge in [-0.25, -0.2) is 0 Å². The standard InChI is InChI=1S/C10H17NO/c1-2-8-5-6-11-9(7-8)3-4-10(11)12/h8-9H,2-7H2,1H3/t8-,9+/m0/s1. The Hall–Kier alpha value is -0.530. The van der Waals surface area contributed by atoms with E-state index in [0.29, 0.717) is 11.9 Å². The monoisotopic (exact) mass is 167 g/mol. The molecule has 0 radical (unpaired) electrons. The third kappa shape index (κ3) is 1.23. The van der Waals surface area contributed by atoms with Gasteiger partial charge in [-0.1, -0.05) is 13.3 Å². The van der Waals surface area contributed by atoms with Gasteiger partial charge in [-0.15, -0.1) is 0 Å². The van der Waals surface area contributed by atoms with Crippen LogP contribution in [0.5, 0.6) is 0 Å². The fourth-order valence-corrected chi connectivity index (χ4v) is 2.54. The second-order valence-corrected chi connectivity index (χ2v) is 4.08. The van der Waals surface area contributed by atoms with Gasteiger partial charge in [-0.2, -0.15) is 0 Å². The number of hydrogen-bond acceptors (Lipinski definition) is 1. The first-order valence-corrected chi connectivity index (χ1v) is 5.10. The third-order valence-corrected chi connectivity index (χ3v) is 3.41. The predicted octanol–water partition coefficient (Wildman–Crippen LogP) is 1.80. The Bertz CT molecular complexity index is 190. The maximum Gasteiger partial charge on any atom is 0.222 e. The van der Waals surface area contributed by atoms with E-state index >= 15 is 0 Å². The van der Waals surface area contributed by atoms with Crippen LogP contribution in [0, 0.1) is 5.92 Å². The summed E-state index contributed by atoms with van der Waals surface area (Å²) < 4.78 is 0. The van der Waals surface area contributed by atoms with E-state index in [1.807, 2.05) is 0 Å². The van der Waals surface area contributed by atoms with E-state index < -0.39 is 0 Å². The summed E-state index contributed by atoms with van der Waals surface area (Å²) in [4.78, 5) is 13.4. The van der Waals surface area contributed by atoms with E-state index in [9.17, 15) is 4.79 Å². The topological polar surface area (TPSA) is 20.3 Å². The van der Waals surface area contributed by atoms with Crippen LogP contribution in [0.2, 0.25) is 0 Å². The van der Waals surface area contributed by atoms with Crippen LogP contribution < -0.4 is 0 Å². The van der Waals surface area contributed by atoms with Crippen molar-refractivity contribution in [3.8, 4) is 0 Å². The van der Waals surface area contributed by atoms with Crippen LogP contribution in [-0.2, 0) is 4.79 Å². The highest BCUT2D eigenvalue weighted by atomic mass is 16.2. The van der Waals surface area contributed by atoms with Crippen LogP contribution in [0.3, 0.4) is 0 Å². The van der Waals surface area contributed by atoms with E-state index in [4.69, 9.17) is 0 Å². The summed E-state index contributed by atoms with van der Waals surface area (Å²) in [7, 11) is 0. The molecule has 2 heteroatoms. The van der Waals surface area contributed by atoms with Crippen LogP contribution >= 0.6 is 0 Å². The third-order valence-electron chi connectivity index (χ3n) is 3.41. The normalized spacial score (nSPS) is 35.4. The zero-order valence-electron chi connectivity index (χ0n) is 7.75. The van der Waals surface area contributed by atoms with Gasteiger partial charge in [0, 0.05) is 19.0 Å². The summed E-state index contributed by atoms with van der Waals surface area (Å²) in [5.74, 6) is 1.28. The molecule has 0 aromatic carbocycles. The molecule has 0 bridgehead atoms. The Morgan fingerprint density at radius 3 is 3.08 bits per heavy atom. The molecule has 0 aromatic heterocycles. The van der Waals surface area contributed by atoms with Crippen molar-refractivity contribution in [1.29, 1.82) is 0 Å². The highest BCUT2D eigenvalue weighted by Gasteiger charge is 2.35. The van der Waals surface area contributed by atoms with Crippen LogP contribution in [0.1, 0.15) is 39.0 Å². The summed E-state index contributed by atoms with van der Waals surface area (Å²) in [6.45, 7) is 3.29. The molecule has 0 saturated carbocycles. The molecule has 2 saturated heterocycles. The van der Waals surface area contributed by atoms with Crippen LogP contribution in [0.25, 0.3) is 0 Å². The minimum atomic E-state index is 0.398. The Balaban J connectivity index is 1.99. The molecular formula is C10H17NO. The summed E-state index contributed by atoms with van der Waals surface area (Å²) in [6, 6.07) is 0.608. The molecule has 0 unspecified atom stereocenters. The number of nitrogens with zero attached hydrogens (tertiary/aromatic N) is 1. The first-order chi connectivity index (χ1) is 5.81. The van der Waals surface area contributed by atoms with Gasteiger partial charge < -0.3 is 4.90 Å². The molecule has 0 aliphatic carbocycles. The number of amides is 1. The maximum absolute atomic E-state index is 11.3. The lowest BCUT2D eigenvalue weighted by molar-refractivity contribution is -0.130. The Morgan fingerprint density at radius 2 is 2.33 bits per heavy atom. The van der Waals surface area contributed by atoms with Gasteiger partial charge in [-0.3, -0.25) is 4.79 Å². The van der Waals surface area contributed by atoms with Crippen LogP contribution in [0.4, 0.5) is 0 Å². The van der Waals surface area contributed by atoms with E-state index in [-0.39, 0.29) is 0 Å². The van der Waals surface area contributed by atoms with Gasteiger partial charge in [0.1, 0.15) is 0 Å². The largest absolute Gasteiger partial charge is 0.340 e. The fourth-order valence-electron chi connectivity index (χ4n) is 2.54. The summed E-state index contributed by atoms with van der Waals surface area (Å²) in [6.07, 6.45) is 5.72. The fraction of sp³-hybridized carbons (Fsp3) is 0.900. The Labute approximate surface area is 73.9 Å². The van der Waals surface area contributed by atoms with Gasteiger partial charge in [-0.05, 0) is 25.2 Å². The molecule has 2 aliphatic heterocycles. The van der Waals surface area contributed by atoms with E-state index in [0.717, 1.165) is 25.3 Å². The van der Waals surface area contributed by atoms with E-state index in [1.165, 1.54) is 19.3 Å². The van der Waals surface area contributed by atoms with Crippen LogP contribution in [-0.4, -0.2) is 23.4 Å². The number of hydrogen-bond donors (Lipinski definition) is 0. The molecule has 2 atom stereocenters. The predicted molar refractivity (Wildman–Crippen MR) is 47.8 cm³/mol. The molecule has 2 fully saturated rings. The van der Waals surface area contributed by atoms with Crippen molar-refractivity contribution in [2.75, 3.05) is 6.54 Å². The van der Waals surface area contributed by atoms with Gasteiger partial charge in [0.05, 0.1) is 0 Å². The van der Waals surface area contributed by atoms with Crippen molar-refractivity contribution in [2.45, 2.75) is 45.1 Å². The molecule has 2 nitrogen and oxygen atoms in total. The van der Waals surface area contributed by atoms with Gasteiger partial charge in [0.2, 0.25) is 5.91 Å². The summed E-state index contributed by atoms with van der Waals surface area (Å²) in [5.41, 5.74) is 0. The van der Waals surface area contributed by atoms with Gasteiger partial charge in [0.25, 0.3) is 0 Å². The zero-order chi connectivity index (χ0) is 8.55. The van der Waals surface area contributed by atoms with Crippen molar-refractivity contribution in [3.05, 3.63) is 0 Å². The number of piperidine rings is 1. The van der Waals surface area contributed by atoms with Gasteiger partial charge in [0.15, 0.2) is 0 Å². The zero-order valence-corrected chi connectivity index (χ0v) is 7.75. The van der Waals surface area contributed by atoms with Crippen molar-refractivity contribution in [1.82, 2.24) is 4.90 Å². The molecule has 2 aliphatic rings. The van der Waals surface area contributed by atoms with E-state index in [2.05, 4.69) is 11.8 Å². The number of rotatable bonds is 1. The average Bonchev–Trinajstić information content (AvgIpc) is 2.47. The molecule has 2 rings (SSSR count). The quantitative estimate of drug-likeness (QED) is 0.583. The second-order valence-electron chi connectivity index (χ2n) is 4.08. The lowest BCUT2D eigenvalue weighted by Gasteiger charge is -2.34. The maximum atomic E-state index is 11.3. The highest BCUT2D eigenvalue weighted by Crippen LogP contribution is 2.32. The highest BCUT2D eigenvalue weighted by molar-refractivity contribution is 5.78. The van der Waals surface area contributed by atoms with Crippen molar-refractivity contribution >= 4 is 5.91 Å². The molecule has 12 heavy (non-hydrogen) atoms. The molecule has 0 spiro atoms. The number of carbonyl (C=O) groups is 1. The lowest BCUT2D eigenvalue weighted by atomic mass is 9.89. The van der Waals surface area contributed by atoms with Crippen LogP contribution in [0.15, 0.2) is 0 Å². The molecule has 2 heterocycles. The van der Waals surface area contributed by atoms with E-state index in [1.54, 1.807) is 0 Å². The smallest absolute Gasteiger partial charge is 0.222 e. The Morgan fingerprint density at radius 1 is 1.50 bits per heavy atom. The summed E-state index contributed by atoms with van der Waals surface area (Å²) >= 11 is 0. The minimum Gasteiger partial charge on any atom is -0.340 e.